The maximum atomic E-state index is 11.8. The number of aliphatic imine (C=N–C) groups is 1. The van der Waals surface area contributed by atoms with E-state index in [0.29, 0.717) is 12.1 Å². The fourth-order valence-electron chi connectivity index (χ4n) is 1.35. The van der Waals surface area contributed by atoms with Gasteiger partial charge in [-0.3, -0.25) is 4.79 Å². The summed E-state index contributed by atoms with van der Waals surface area (Å²) < 4.78 is 5.31. The van der Waals surface area contributed by atoms with Gasteiger partial charge in [-0.05, 0) is 6.08 Å². The van der Waals surface area contributed by atoms with Crippen molar-refractivity contribution in [3.63, 3.8) is 0 Å². The Kier molecular flexibility index (Phi) is 2.63. The van der Waals surface area contributed by atoms with Crippen LogP contribution in [0.2, 0.25) is 0 Å². The third kappa shape index (κ3) is 1.96. The van der Waals surface area contributed by atoms with Crippen LogP contribution >= 0.6 is 0 Å². The van der Waals surface area contributed by atoms with E-state index >= 15 is 0 Å². The van der Waals surface area contributed by atoms with Crippen molar-refractivity contribution in [2.24, 2.45) is 4.99 Å². The first-order valence-corrected chi connectivity index (χ1v) is 4.74. The second-order valence-corrected chi connectivity index (χ2v) is 3.23. The summed E-state index contributed by atoms with van der Waals surface area (Å²) in [5.74, 6) is 0.0195. The van der Waals surface area contributed by atoms with Crippen molar-refractivity contribution in [1.29, 1.82) is 0 Å². The average molecular weight is 201 g/mol. The highest BCUT2D eigenvalue weighted by molar-refractivity contribution is 6.43. The minimum Gasteiger partial charge on any atom is -0.466 e. The lowest BCUT2D eigenvalue weighted by atomic mass is 10.1. The van der Waals surface area contributed by atoms with Crippen molar-refractivity contribution in [2.45, 2.75) is 6.10 Å². The van der Waals surface area contributed by atoms with E-state index in [9.17, 15) is 4.79 Å². The molecule has 0 aromatic heterocycles. The summed E-state index contributed by atoms with van der Waals surface area (Å²) in [6.07, 6.45) is 1.49. The Morgan fingerprint density at radius 1 is 1.47 bits per heavy atom. The molecule has 15 heavy (non-hydrogen) atoms. The Bertz CT molecular complexity index is 409. The Balaban J connectivity index is 2.14. The Morgan fingerprint density at radius 2 is 2.20 bits per heavy atom. The summed E-state index contributed by atoms with van der Waals surface area (Å²) in [6.45, 7) is 4.08. The lowest BCUT2D eigenvalue weighted by molar-refractivity contribution is 0.102. The zero-order valence-corrected chi connectivity index (χ0v) is 8.22. The van der Waals surface area contributed by atoms with Crippen LogP contribution in [0.5, 0.6) is 0 Å². The second-order valence-electron chi connectivity index (χ2n) is 3.23. The molecule has 1 heterocycles. The van der Waals surface area contributed by atoms with Gasteiger partial charge < -0.3 is 4.74 Å². The number of ether oxygens (including phenoxy) is 1. The van der Waals surface area contributed by atoms with Gasteiger partial charge in [-0.15, -0.1) is 0 Å². The molecule has 1 unspecified atom stereocenters. The lowest BCUT2D eigenvalue weighted by Crippen LogP contribution is -2.17. The van der Waals surface area contributed by atoms with Gasteiger partial charge >= 0.3 is 0 Å². The molecule has 0 radical (unpaired) electrons. The van der Waals surface area contributed by atoms with Crippen LogP contribution in [0.4, 0.5) is 0 Å². The molecule has 1 aromatic rings. The number of carbonyl (C=O) groups excluding carboxylic acids is 1. The van der Waals surface area contributed by atoms with Crippen molar-refractivity contribution < 1.29 is 9.53 Å². The van der Waals surface area contributed by atoms with Crippen molar-refractivity contribution in [2.75, 3.05) is 6.54 Å². The molecular weight excluding hydrogens is 190 g/mol. The number of hydrogen-bond donors (Lipinski definition) is 0. The van der Waals surface area contributed by atoms with Gasteiger partial charge in [-0.2, -0.15) is 0 Å². The van der Waals surface area contributed by atoms with E-state index in [-0.39, 0.29) is 17.8 Å². The topological polar surface area (TPSA) is 38.7 Å². The van der Waals surface area contributed by atoms with E-state index in [1.807, 2.05) is 18.2 Å². The van der Waals surface area contributed by atoms with Crippen LogP contribution in [0, 0.1) is 0 Å². The van der Waals surface area contributed by atoms with Gasteiger partial charge in [0.2, 0.25) is 5.78 Å². The molecule has 0 bridgehead atoms. The van der Waals surface area contributed by atoms with E-state index in [1.165, 1.54) is 0 Å². The van der Waals surface area contributed by atoms with Crippen LogP contribution in [0.15, 0.2) is 48.0 Å². The molecule has 1 atom stereocenters. The van der Waals surface area contributed by atoms with E-state index in [4.69, 9.17) is 4.74 Å². The van der Waals surface area contributed by atoms with Gasteiger partial charge in [-0.25, -0.2) is 4.99 Å². The smallest absolute Gasteiger partial charge is 0.259 e. The summed E-state index contributed by atoms with van der Waals surface area (Å²) in [4.78, 5) is 15.9. The summed E-state index contributed by atoms with van der Waals surface area (Å²) in [7, 11) is 0. The first-order valence-electron chi connectivity index (χ1n) is 4.74. The molecule has 0 fully saturated rings. The van der Waals surface area contributed by atoms with Crippen molar-refractivity contribution >= 4 is 11.7 Å². The van der Waals surface area contributed by atoms with Crippen LogP contribution < -0.4 is 0 Å². The van der Waals surface area contributed by atoms with E-state index in [0.717, 1.165) is 0 Å². The highest BCUT2D eigenvalue weighted by atomic mass is 16.5. The quantitative estimate of drug-likeness (QED) is 0.553. The van der Waals surface area contributed by atoms with Crippen molar-refractivity contribution in [3.05, 3.63) is 48.6 Å². The molecule has 1 aromatic carbocycles. The van der Waals surface area contributed by atoms with Crippen molar-refractivity contribution in [3.8, 4) is 0 Å². The molecule has 0 saturated carbocycles. The number of nitrogens with zero attached hydrogens (tertiary/aromatic N) is 1. The van der Waals surface area contributed by atoms with Gasteiger partial charge in [0.15, 0.2) is 0 Å². The Labute approximate surface area is 88.1 Å². The van der Waals surface area contributed by atoms with Gasteiger partial charge in [0, 0.05) is 5.56 Å². The SMILES string of the molecule is C=CC1CN=C(C(=O)c2ccccc2)O1. The molecule has 3 heteroatoms. The fourth-order valence-corrected chi connectivity index (χ4v) is 1.35. The van der Waals surface area contributed by atoms with Crippen LogP contribution in [-0.2, 0) is 4.74 Å². The third-order valence-electron chi connectivity index (χ3n) is 2.17. The predicted octanol–water partition coefficient (Wildman–Crippen LogP) is 1.85. The predicted molar refractivity (Wildman–Crippen MR) is 58.1 cm³/mol. The van der Waals surface area contributed by atoms with Gasteiger partial charge in [0.25, 0.3) is 5.90 Å². The summed E-state index contributed by atoms with van der Waals surface area (Å²) in [5.41, 5.74) is 0.598. The Hall–Kier alpha value is -1.90. The minimum atomic E-state index is -0.167. The average Bonchev–Trinajstić information content (AvgIpc) is 2.78. The van der Waals surface area contributed by atoms with Crippen LogP contribution in [0.25, 0.3) is 0 Å². The molecule has 0 saturated heterocycles. The van der Waals surface area contributed by atoms with Gasteiger partial charge in [0.05, 0.1) is 6.54 Å². The summed E-state index contributed by atoms with van der Waals surface area (Å²) >= 11 is 0. The standard InChI is InChI=1S/C12H11NO2/c1-2-10-8-13-12(15-10)11(14)9-6-4-3-5-7-9/h2-7,10H,1,8H2. The number of carbonyl (C=O) groups is 1. The molecule has 0 aliphatic carbocycles. The number of hydrogen-bond acceptors (Lipinski definition) is 3. The monoisotopic (exact) mass is 201 g/mol. The zero-order chi connectivity index (χ0) is 10.7. The van der Waals surface area contributed by atoms with Crippen LogP contribution in [0.3, 0.4) is 0 Å². The first-order chi connectivity index (χ1) is 7.31. The Morgan fingerprint density at radius 3 is 2.80 bits per heavy atom. The van der Waals surface area contributed by atoms with Gasteiger partial charge in [-0.1, -0.05) is 36.9 Å². The van der Waals surface area contributed by atoms with Crippen LogP contribution in [-0.4, -0.2) is 24.3 Å². The van der Waals surface area contributed by atoms with E-state index < -0.39 is 0 Å². The molecule has 1 aliphatic rings. The zero-order valence-electron chi connectivity index (χ0n) is 8.22. The van der Waals surface area contributed by atoms with Crippen LogP contribution in [0.1, 0.15) is 10.4 Å². The lowest BCUT2D eigenvalue weighted by Gasteiger charge is -2.04. The number of rotatable bonds is 3. The minimum absolute atomic E-state index is 0.160. The highest BCUT2D eigenvalue weighted by Crippen LogP contribution is 2.10. The largest absolute Gasteiger partial charge is 0.466 e. The number of ketones is 1. The van der Waals surface area contributed by atoms with Crippen molar-refractivity contribution in [1.82, 2.24) is 0 Å². The number of benzene rings is 1. The fraction of sp³-hybridized carbons (Fsp3) is 0.167. The normalized spacial score (nSPS) is 19.2. The number of Topliss-reactive ketones (excluding diaryl/α,β-unsaturated/α-hetero) is 1. The molecule has 3 nitrogen and oxygen atoms in total. The highest BCUT2D eigenvalue weighted by Gasteiger charge is 2.23. The summed E-state index contributed by atoms with van der Waals surface area (Å²) in [6, 6.07) is 8.98. The molecule has 1 aliphatic heterocycles. The molecule has 76 valence electrons. The van der Waals surface area contributed by atoms with Gasteiger partial charge in [0.1, 0.15) is 6.10 Å². The maximum Gasteiger partial charge on any atom is 0.259 e. The maximum absolute atomic E-state index is 11.8. The molecular formula is C12H11NO2. The molecule has 0 N–H and O–H groups in total. The van der Waals surface area contributed by atoms with E-state index in [1.54, 1.807) is 18.2 Å². The first kappa shape index (κ1) is 9.65. The summed E-state index contributed by atoms with van der Waals surface area (Å²) in [5, 5.41) is 0. The molecule has 0 amide bonds. The second kappa shape index (κ2) is 4.09. The third-order valence-corrected chi connectivity index (χ3v) is 2.17. The molecule has 0 spiro atoms. The van der Waals surface area contributed by atoms with E-state index in [2.05, 4.69) is 11.6 Å². The molecule has 2 rings (SSSR count).